The maximum atomic E-state index is 5.51. The second kappa shape index (κ2) is 15.2. The van der Waals surface area contributed by atoms with E-state index in [9.17, 15) is 0 Å². The monoisotopic (exact) mass is 266 g/mol. The van der Waals surface area contributed by atoms with Crippen molar-refractivity contribution in [2.45, 2.75) is 40.0 Å². The van der Waals surface area contributed by atoms with Crippen molar-refractivity contribution in [2.24, 2.45) is 0 Å². The summed E-state index contributed by atoms with van der Waals surface area (Å²) in [5, 5.41) is 0. The quantitative estimate of drug-likeness (QED) is 0.396. The predicted molar refractivity (Wildman–Crippen MR) is 81.9 cm³/mol. The van der Waals surface area contributed by atoms with Crippen LogP contribution in [0.3, 0.4) is 0 Å². The Kier molecular flexibility index (Phi) is 14.6. The van der Waals surface area contributed by atoms with E-state index in [4.69, 9.17) is 14.0 Å². The molecular weight excluding hydrogens is 239 g/mol. The lowest BCUT2D eigenvalue weighted by molar-refractivity contribution is 0.123. The van der Waals surface area contributed by atoms with E-state index >= 15 is 0 Å². The molecule has 0 N–H and O–H groups in total. The molecule has 0 aliphatic heterocycles. The van der Waals surface area contributed by atoms with E-state index < -0.39 is 7.32 Å². The van der Waals surface area contributed by atoms with Crippen molar-refractivity contribution in [2.75, 3.05) is 19.8 Å². The van der Waals surface area contributed by atoms with E-state index in [1.54, 1.807) is 0 Å². The average molecular weight is 266 g/mol. The van der Waals surface area contributed by atoms with Gasteiger partial charge in [0.1, 0.15) is 0 Å². The van der Waals surface area contributed by atoms with E-state index in [1.165, 1.54) is 0 Å². The van der Waals surface area contributed by atoms with Crippen LogP contribution in [0.15, 0.2) is 36.5 Å². The Hall–Kier alpha value is -0.835. The normalized spacial score (nSPS) is 12.2. The zero-order chi connectivity index (χ0) is 14.2. The Morgan fingerprint density at radius 1 is 0.579 bits per heavy atom. The van der Waals surface area contributed by atoms with Crippen LogP contribution >= 0.6 is 0 Å². The fourth-order valence-corrected chi connectivity index (χ4v) is 1.25. The third kappa shape index (κ3) is 13.4. The number of allylic oxidation sites excluding steroid dienone is 3. The van der Waals surface area contributed by atoms with Gasteiger partial charge in [-0.15, -0.1) is 0 Å². The Bertz CT molecular complexity index is 219. The average Bonchev–Trinajstić information content (AvgIpc) is 2.43. The van der Waals surface area contributed by atoms with E-state index in [2.05, 4.69) is 39.0 Å². The fraction of sp³-hybridized carbons (Fsp3) is 0.600. The Labute approximate surface area is 118 Å². The number of hydrogen-bond acceptors (Lipinski definition) is 3. The maximum Gasteiger partial charge on any atom is 0.640 e. The molecule has 0 heterocycles. The van der Waals surface area contributed by atoms with Gasteiger partial charge in [0.2, 0.25) is 0 Å². The SMILES string of the molecule is CC/C=C\COB(OC/C=C\CC)OC/C=C\CC. The molecule has 0 radical (unpaired) electrons. The van der Waals surface area contributed by atoms with Gasteiger partial charge in [-0.25, -0.2) is 0 Å². The summed E-state index contributed by atoms with van der Waals surface area (Å²) in [7, 11) is -0.607. The highest BCUT2D eigenvalue weighted by Gasteiger charge is 2.19. The van der Waals surface area contributed by atoms with Gasteiger partial charge in [0.15, 0.2) is 0 Å². The number of rotatable bonds is 12. The highest BCUT2D eigenvalue weighted by molar-refractivity contribution is 6.36. The first-order valence-corrected chi connectivity index (χ1v) is 7.14. The van der Waals surface area contributed by atoms with Crippen LogP contribution in [0.1, 0.15) is 40.0 Å². The van der Waals surface area contributed by atoms with Crippen LogP contribution < -0.4 is 0 Å². The summed E-state index contributed by atoms with van der Waals surface area (Å²) in [4.78, 5) is 0. The summed E-state index contributed by atoms with van der Waals surface area (Å²) < 4.78 is 16.5. The molecule has 0 aromatic rings. The Balaban J connectivity index is 3.94. The molecule has 0 saturated carbocycles. The molecular formula is C15H27BO3. The van der Waals surface area contributed by atoms with Gasteiger partial charge < -0.3 is 14.0 Å². The summed E-state index contributed by atoms with van der Waals surface area (Å²) in [6, 6.07) is 0. The molecule has 0 aliphatic carbocycles. The molecule has 0 spiro atoms. The van der Waals surface area contributed by atoms with Gasteiger partial charge in [-0.05, 0) is 19.3 Å². The minimum absolute atomic E-state index is 0.507. The molecule has 0 bridgehead atoms. The zero-order valence-corrected chi connectivity index (χ0v) is 12.5. The zero-order valence-electron chi connectivity index (χ0n) is 12.5. The van der Waals surface area contributed by atoms with Crippen molar-refractivity contribution in [3.8, 4) is 0 Å². The van der Waals surface area contributed by atoms with Crippen molar-refractivity contribution in [1.82, 2.24) is 0 Å². The molecule has 0 rings (SSSR count). The molecule has 0 aromatic heterocycles. The molecule has 19 heavy (non-hydrogen) atoms. The Morgan fingerprint density at radius 2 is 0.895 bits per heavy atom. The Morgan fingerprint density at radius 3 is 1.16 bits per heavy atom. The van der Waals surface area contributed by atoms with Crippen LogP contribution in [0.2, 0.25) is 0 Å². The van der Waals surface area contributed by atoms with Gasteiger partial charge in [0.05, 0.1) is 19.8 Å². The topological polar surface area (TPSA) is 27.7 Å². The highest BCUT2D eigenvalue weighted by Crippen LogP contribution is 1.96. The second-order valence-corrected chi connectivity index (χ2v) is 3.93. The molecule has 3 nitrogen and oxygen atoms in total. The summed E-state index contributed by atoms with van der Waals surface area (Å²) in [5.41, 5.74) is 0. The van der Waals surface area contributed by atoms with Crippen molar-refractivity contribution in [1.29, 1.82) is 0 Å². The summed E-state index contributed by atoms with van der Waals surface area (Å²) in [6.45, 7) is 7.79. The van der Waals surface area contributed by atoms with E-state index in [-0.39, 0.29) is 0 Å². The third-order valence-electron chi connectivity index (χ3n) is 2.19. The van der Waals surface area contributed by atoms with Crippen molar-refractivity contribution in [3.05, 3.63) is 36.5 Å². The summed E-state index contributed by atoms with van der Waals surface area (Å²) in [5.74, 6) is 0. The number of hydrogen-bond donors (Lipinski definition) is 0. The van der Waals surface area contributed by atoms with Gasteiger partial charge in [-0.1, -0.05) is 57.2 Å². The van der Waals surface area contributed by atoms with Crippen LogP contribution in [-0.2, 0) is 14.0 Å². The van der Waals surface area contributed by atoms with Crippen molar-refractivity contribution < 1.29 is 14.0 Å². The van der Waals surface area contributed by atoms with Crippen LogP contribution in [-0.4, -0.2) is 27.1 Å². The minimum Gasteiger partial charge on any atom is -0.382 e. The van der Waals surface area contributed by atoms with Crippen LogP contribution in [0.4, 0.5) is 0 Å². The fourth-order valence-electron chi connectivity index (χ4n) is 1.25. The van der Waals surface area contributed by atoms with Crippen molar-refractivity contribution >= 4 is 7.32 Å². The highest BCUT2D eigenvalue weighted by atomic mass is 16.7. The van der Waals surface area contributed by atoms with Gasteiger partial charge in [0.25, 0.3) is 0 Å². The first-order chi connectivity index (χ1) is 9.35. The standard InChI is InChI=1S/C15H27BO3/c1-4-7-10-13-17-16(18-14-11-8-5-2)19-15-12-9-6-3/h7-12H,4-6,13-15H2,1-3H3/b10-7-,11-8-,12-9-. The van der Waals surface area contributed by atoms with Gasteiger partial charge in [-0.2, -0.15) is 0 Å². The molecule has 108 valence electrons. The molecule has 0 unspecified atom stereocenters. The molecule has 0 aliphatic rings. The van der Waals surface area contributed by atoms with Gasteiger partial charge in [-0.3, -0.25) is 0 Å². The van der Waals surface area contributed by atoms with Gasteiger partial charge >= 0.3 is 7.32 Å². The molecule has 0 atom stereocenters. The van der Waals surface area contributed by atoms with E-state index in [1.807, 2.05) is 18.2 Å². The first-order valence-electron chi connectivity index (χ1n) is 7.14. The lowest BCUT2D eigenvalue weighted by atomic mass is 10.2. The molecule has 0 aromatic carbocycles. The maximum absolute atomic E-state index is 5.51. The predicted octanol–water partition coefficient (Wildman–Crippen LogP) is 3.92. The summed E-state index contributed by atoms with van der Waals surface area (Å²) in [6.07, 6.45) is 15.1. The van der Waals surface area contributed by atoms with Gasteiger partial charge in [0, 0.05) is 0 Å². The largest absolute Gasteiger partial charge is 0.640 e. The smallest absolute Gasteiger partial charge is 0.382 e. The van der Waals surface area contributed by atoms with Crippen LogP contribution in [0.5, 0.6) is 0 Å². The lowest BCUT2D eigenvalue weighted by Gasteiger charge is -2.11. The minimum atomic E-state index is -0.607. The van der Waals surface area contributed by atoms with Crippen LogP contribution in [0.25, 0.3) is 0 Å². The van der Waals surface area contributed by atoms with E-state index in [0.717, 1.165) is 19.3 Å². The molecule has 4 heteroatoms. The lowest BCUT2D eigenvalue weighted by Crippen LogP contribution is -2.27. The summed E-state index contributed by atoms with van der Waals surface area (Å²) >= 11 is 0. The van der Waals surface area contributed by atoms with Crippen LogP contribution in [0, 0.1) is 0 Å². The molecule has 0 saturated heterocycles. The third-order valence-corrected chi connectivity index (χ3v) is 2.19. The van der Waals surface area contributed by atoms with Crippen molar-refractivity contribution in [3.63, 3.8) is 0 Å². The van der Waals surface area contributed by atoms with E-state index in [0.29, 0.717) is 19.8 Å². The molecule has 0 fully saturated rings. The second-order valence-electron chi connectivity index (χ2n) is 3.93. The first kappa shape index (κ1) is 18.2. The molecule has 0 amide bonds.